The SMILES string of the molecule is C=C(C)C[C@H](NC(=O)[C@H](Cc1ccccc1)NC(C)=O)C(=O)O. The molecule has 2 atom stereocenters. The van der Waals surface area contributed by atoms with Crippen LogP contribution in [0.15, 0.2) is 42.5 Å². The Hall–Kier alpha value is -2.63. The van der Waals surface area contributed by atoms with E-state index in [0.717, 1.165) is 5.56 Å². The zero-order chi connectivity index (χ0) is 17.4. The summed E-state index contributed by atoms with van der Waals surface area (Å²) in [6.45, 7) is 6.67. The number of hydrogen-bond donors (Lipinski definition) is 3. The third-order valence-electron chi connectivity index (χ3n) is 3.14. The second kappa shape index (κ2) is 8.73. The third kappa shape index (κ3) is 6.78. The van der Waals surface area contributed by atoms with E-state index in [1.165, 1.54) is 6.92 Å². The van der Waals surface area contributed by atoms with Crippen molar-refractivity contribution >= 4 is 17.8 Å². The zero-order valence-electron chi connectivity index (χ0n) is 13.3. The fourth-order valence-corrected chi connectivity index (χ4v) is 2.13. The molecule has 2 amide bonds. The van der Waals surface area contributed by atoms with E-state index in [2.05, 4.69) is 17.2 Å². The van der Waals surface area contributed by atoms with Crippen LogP contribution >= 0.6 is 0 Å². The number of amides is 2. The molecule has 0 aliphatic carbocycles. The molecule has 0 saturated carbocycles. The molecule has 1 aromatic rings. The second-order valence-electron chi connectivity index (χ2n) is 5.50. The van der Waals surface area contributed by atoms with Crippen LogP contribution in [0.3, 0.4) is 0 Å². The molecule has 1 rings (SSSR count). The first kappa shape index (κ1) is 18.4. The molecular weight excluding hydrogens is 296 g/mol. The number of carbonyl (C=O) groups is 3. The molecule has 0 aromatic heterocycles. The third-order valence-corrected chi connectivity index (χ3v) is 3.14. The van der Waals surface area contributed by atoms with Gasteiger partial charge in [-0.3, -0.25) is 9.59 Å². The standard InChI is InChI=1S/C17H22N2O4/c1-11(2)9-15(17(22)23)19-16(21)14(18-12(3)20)10-13-7-5-4-6-8-13/h4-8,14-15H,1,9-10H2,2-3H3,(H,18,20)(H,19,21)(H,22,23)/t14-,15-/m0/s1. The van der Waals surface area contributed by atoms with Crippen molar-refractivity contribution in [2.45, 2.75) is 38.8 Å². The highest BCUT2D eigenvalue weighted by molar-refractivity contribution is 5.90. The molecule has 23 heavy (non-hydrogen) atoms. The largest absolute Gasteiger partial charge is 0.480 e. The first-order chi connectivity index (χ1) is 10.8. The van der Waals surface area contributed by atoms with Crippen molar-refractivity contribution in [2.24, 2.45) is 0 Å². The molecule has 6 heteroatoms. The number of carboxylic acids is 1. The van der Waals surface area contributed by atoms with Crippen molar-refractivity contribution < 1.29 is 19.5 Å². The van der Waals surface area contributed by atoms with E-state index in [4.69, 9.17) is 0 Å². The minimum absolute atomic E-state index is 0.138. The van der Waals surface area contributed by atoms with E-state index in [1.807, 2.05) is 30.3 Å². The van der Waals surface area contributed by atoms with Gasteiger partial charge in [0, 0.05) is 13.3 Å². The Morgan fingerprint density at radius 2 is 1.70 bits per heavy atom. The summed E-state index contributed by atoms with van der Waals surface area (Å²) in [7, 11) is 0. The van der Waals surface area contributed by atoms with Crippen LogP contribution in [-0.2, 0) is 20.8 Å². The minimum atomic E-state index is -1.14. The van der Waals surface area contributed by atoms with Crippen LogP contribution in [0, 0.1) is 0 Å². The maximum atomic E-state index is 12.4. The first-order valence-electron chi connectivity index (χ1n) is 7.28. The molecule has 3 N–H and O–H groups in total. The summed E-state index contributed by atoms with van der Waals surface area (Å²) in [4.78, 5) is 34.9. The molecule has 0 heterocycles. The van der Waals surface area contributed by atoms with Crippen molar-refractivity contribution in [3.8, 4) is 0 Å². The van der Waals surface area contributed by atoms with Gasteiger partial charge in [-0.05, 0) is 18.9 Å². The van der Waals surface area contributed by atoms with Crippen molar-refractivity contribution in [2.75, 3.05) is 0 Å². The highest BCUT2D eigenvalue weighted by atomic mass is 16.4. The molecule has 6 nitrogen and oxygen atoms in total. The van der Waals surface area contributed by atoms with Gasteiger partial charge in [0.15, 0.2) is 0 Å². The molecule has 0 fully saturated rings. The van der Waals surface area contributed by atoms with E-state index in [-0.39, 0.29) is 18.7 Å². The lowest BCUT2D eigenvalue weighted by Gasteiger charge is -2.21. The Labute approximate surface area is 135 Å². The molecule has 124 valence electrons. The van der Waals surface area contributed by atoms with E-state index in [0.29, 0.717) is 5.57 Å². The van der Waals surface area contributed by atoms with Gasteiger partial charge in [0.05, 0.1) is 0 Å². The number of aliphatic carboxylic acids is 1. The number of benzene rings is 1. The van der Waals surface area contributed by atoms with Gasteiger partial charge in [-0.15, -0.1) is 6.58 Å². The summed E-state index contributed by atoms with van der Waals surface area (Å²) in [5, 5.41) is 14.2. The predicted octanol–water partition coefficient (Wildman–Crippen LogP) is 1.27. The Morgan fingerprint density at radius 3 is 2.17 bits per heavy atom. The van der Waals surface area contributed by atoms with Crippen LogP contribution in [0.1, 0.15) is 25.8 Å². The molecule has 1 aromatic carbocycles. The average molecular weight is 318 g/mol. The fourth-order valence-electron chi connectivity index (χ4n) is 2.13. The molecule has 0 aliphatic rings. The number of nitrogens with one attached hydrogen (secondary N) is 2. The number of rotatable bonds is 8. The van der Waals surface area contributed by atoms with Gasteiger partial charge >= 0.3 is 5.97 Å². The molecule has 0 saturated heterocycles. The van der Waals surface area contributed by atoms with Crippen LogP contribution in [0.4, 0.5) is 0 Å². The monoisotopic (exact) mass is 318 g/mol. The van der Waals surface area contributed by atoms with Crippen LogP contribution in [-0.4, -0.2) is 35.0 Å². The van der Waals surface area contributed by atoms with Gasteiger partial charge in [-0.1, -0.05) is 35.9 Å². The van der Waals surface area contributed by atoms with Gasteiger partial charge < -0.3 is 15.7 Å². The lowest BCUT2D eigenvalue weighted by molar-refractivity contribution is -0.142. The predicted molar refractivity (Wildman–Crippen MR) is 86.7 cm³/mol. The van der Waals surface area contributed by atoms with Crippen LogP contribution < -0.4 is 10.6 Å². The Morgan fingerprint density at radius 1 is 1.09 bits per heavy atom. The van der Waals surface area contributed by atoms with Gasteiger partial charge in [0.1, 0.15) is 12.1 Å². The van der Waals surface area contributed by atoms with E-state index < -0.39 is 24.0 Å². The highest BCUT2D eigenvalue weighted by Crippen LogP contribution is 2.06. The highest BCUT2D eigenvalue weighted by Gasteiger charge is 2.26. The molecule has 0 radical (unpaired) electrons. The fraction of sp³-hybridized carbons (Fsp3) is 0.353. The van der Waals surface area contributed by atoms with Crippen molar-refractivity contribution in [3.05, 3.63) is 48.0 Å². The number of hydrogen-bond acceptors (Lipinski definition) is 3. The Balaban J connectivity index is 2.83. The molecule has 0 bridgehead atoms. The summed E-state index contributed by atoms with van der Waals surface area (Å²) in [6.07, 6.45) is 0.421. The summed E-state index contributed by atoms with van der Waals surface area (Å²) in [6, 6.07) is 7.30. The maximum Gasteiger partial charge on any atom is 0.326 e. The lowest BCUT2D eigenvalue weighted by atomic mass is 10.0. The van der Waals surface area contributed by atoms with Crippen molar-refractivity contribution in [3.63, 3.8) is 0 Å². The summed E-state index contributed by atoms with van der Waals surface area (Å²) in [5.41, 5.74) is 1.52. The average Bonchev–Trinajstić information content (AvgIpc) is 2.45. The Bertz CT molecular complexity index is 584. The van der Waals surface area contributed by atoms with Crippen LogP contribution in [0.2, 0.25) is 0 Å². The second-order valence-corrected chi connectivity index (χ2v) is 5.50. The van der Waals surface area contributed by atoms with E-state index >= 15 is 0 Å². The smallest absolute Gasteiger partial charge is 0.326 e. The topological polar surface area (TPSA) is 95.5 Å². The number of carboxylic acid groups (broad SMARTS) is 1. The van der Waals surface area contributed by atoms with E-state index in [1.54, 1.807) is 6.92 Å². The van der Waals surface area contributed by atoms with Gasteiger partial charge in [0.25, 0.3) is 0 Å². The summed E-state index contributed by atoms with van der Waals surface area (Å²) in [5.74, 6) is -2.02. The van der Waals surface area contributed by atoms with Crippen LogP contribution in [0.5, 0.6) is 0 Å². The molecular formula is C17H22N2O4. The summed E-state index contributed by atoms with van der Waals surface area (Å²) >= 11 is 0. The molecule has 0 aliphatic heterocycles. The maximum absolute atomic E-state index is 12.4. The molecule has 0 spiro atoms. The van der Waals surface area contributed by atoms with Crippen LogP contribution in [0.25, 0.3) is 0 Å². The lowest BCUT2D eigenvalue weighted by Crippen LogP contribution is -2.52. The Kier molecular flexibility index (Phi) is 6.99. The van der Waals surface area contributed by atoms with Gasteiger partial charge in [0.2, 0.25) is 11.8 Å². The van der Waals surface area contributed by atoms with Gasteiger partial charge in [-0.25, -0.2) is 4.79 Å². The number of carbonyl (C=O) groups excluding carboxylic acids is 2. The zero-order valence-corrected chi connectivity index (χ0v) is 13.3. The quantitative estimate of drug-likeness (QED) is 0.629. The minimum Gasteiger partial charge on any atom is -0.480 e. The molecule has 0 unspecified atom stereocenters. The first-order valence-corrected chi connectivity index (χ1v) is 7.28. The van der Waals surface area contributed by atoms with Gasteiger partial charge in [-0.2, -0.15) is 0 Å². The van der Waals surface area contributed by atoms with Crippen molar-refractivity contribution in [1.82, 2.24) is 10.6 Å². The van der Waals surface area contributed by atoms with Crippen molar-refractivity contribution in [1.29, 1.82) is 0 Å². The summed E-state index contributed by atoms with van der Waals surface area (Å²) < 4.78 is 0. The van der Waals surface area contributed by atoms with E-state index in [9.17, 15) is 19.5 Å². The normalized spacial score (nSPS) is 12.8.